The lowest BCUT2D eigenvalue weighted by atomic mass is 10.2. The number of nitrogens with one attached hydrogen (secondary N) is 1. The summed E-state index contributed by atoms with van der Waals surface area (Å²) in [6.07, 6.45) is 2.43. The smallest absolute Gasteiger partial charge is 0.340 e. The van der Waals surface area contributed by atoms with Crippen molar-refractivity contribution < 1.29 is 14.3 Å². The Morgan fingerprint density at radius 2 is 2.09 bits per heavy atom. The highest BCUT2D eigenvalue weighted by atomic mass is 35.5. The SMILES string of the molecule is CCC(OC(=O)c1cccnc1)C(=O)Nc1cccc(Cl)c1C. The van der Waals surface area contributed by atoms with Gasteiger partial charge < -0.3 is 10.1 Å². The molecular formula is C17H17ClN2O3. The van der Waals surface area contributed by atoms with Gasteiger partial charge in [0.1, 0.15) is 0 Å². The third-order valence-corrected chi connectivity index (χ3v) is 3.74. The monoisotopic (exact) mass is 332 g/mol. The van der Waals surface area contributed by atoms with Gasteiger partial charge >= 0.3 is 5.97 Å². The van der Waals surface area contributed by atoms with E-state index in [0.29, 0.717) is 22.7 Å². The molecule has 2 aromatic rings. The van der Waals surface area contributed by atoms with E-state index in [-0.39, 0.29) is 0 Å². The third kappa shape index (κ3) is 4.29. The van der Waals surface area contributed by atoms with Crippen LogP contribution in [0.25, 0.3) is 0 Å². The summed E-state index contributed by atoms with van der Waals surface area (Å²) >= 11 is 6.03. The molecule has 1 heterocycles. The van der Waals surface area contributed by atoms with Crippen LogP contribution in [0, 0.1) is 6.92 Å². The normalized spacial score (nSPS) is 11.6. The maximum absolute atomic E-state index is 12.3. The van der Waals surface area contributed by atoms with Gasteiger partial charge in [0.25, 0.3) is 5.91 Å². The zero-order valence-electron chi connectivity index (χ0n) is 12.9. The van der Waals surface area contributed by atoms with Crippen molar-refractivity contribution in [1.82, 2.24) is 4.98 Å². The average molecular weight is 333 g/mol. The average Bonchev–Trinajstić information content (AvgIpc) is 2.57. The molecule has 23 heavy (non-hydrogen) atoms. The van der Waals surface area contributed by atoms with Gasteiger partial charge in [0.15, 0.2) is 6.10 Å². The minimum Gasteiger partial charge on any atom is -0.449 e. The second kappa shape index (κ2) is 7.74. The van der Waals surface area contributed by atoms with E-state index in [0.717, 1.165) is 5.56 Å². The molecule has 0 aliphatic rings. The molecule has 1 aromatic heterocycles. The van der Waals surface area contributed by atoms with Crippen molar-refractivity contribution >= 4 is 29.2 Å². The molecule has 0 fully saturated rings. The number of pyridine rings is 1. The van der Waals surface area contributed by atoms with Crippen LogP contribution >= 0.6 is 11.6 Å². The van der Waals surface area contributed by atoms with Crippen LogP contribution in [0.2, 0.25) is 5.02 Å². The van der Waals surface area contributed by atoms with E-state index >= 15 is 0 Å². The van der Waals surface area contributed by atoms with Crippen LogP contribution in [0.15, 0.2) is 42.7 Å². The molecule has 6 heteroatoms. The highest BCUT2D eigenvalue weighted by Crippen LogP contribution is 2.23. The van der Waals surface area contributed by atoms with Crippen LogP contribution in [0.5, 0.6) is 0 Å². The molecule has 0 aliphatic carbocycles. The molecule has 1 amide bonds. The standard InChI is InChI=1S/C17H17ClN2O3/c1-3-15(23-17(22)12-6-5-9-19-10-12)16(21)20-14-8-4-7-13(18)11(14)2/h4-10,15H,3H2,1-2H3,(H,20,21). The second-order valence-corrected chi connectivity index (χ2v) is 5.35. The Morgan fingerprint density at radius 3 is 2.74 bits per heavy atom. The lowest BCUT2D eigenvalue weighted by Gasteiger charge is -2.17. The van der Waals surface area contributed by atoms with Gasteiger partial charge in [0, 0.05) is 23.1 Å². The zero-order chi connectivity index (χ0) is 16.8. The van der Waals surface area contributed by atoms with E-state index < -0.39 is 18.0 Å². The number of esters is 1. The number of anilines is 1. The number of ether oxygens (including phenoxy) is 1. The Kier molecular flexibility index (Phi) is 5.71. The molecule has 1 unspecified atom stereocenters. The Hall–Kier alpha value is -2.40. The third-order valence-electron chi connectivity index (χ3n) is 3.34. The first kappa shape index (κ1) is 17.0. The first-order valence-electron chi connectivity index (χ1n) is 7.20. The van der Waals surface area contributed by atoms with E-state index in [1.165, 1.54) is 6.20 Å². The number of nitrogens with zero attached hydrogens (tertiary/aromatic N) is 1. The summed E-state index contributed by atoms with van der Waals surface area (Å²) in [5, 5.41) is 3.30. The van der Waals surface area contributed by atoms with Gasteiger partial charge in [0.2, 0.25) is 0 Å². The summed E-state index contributed by atoms with van der Waals surface area (Å²) in [4.78, 5) is 28.2. The van der Waals surface area contributed by atoms with Crippen LogP contribution < -0.4 is 5.32 Å². The Morgan fingerprint density at radius 1 is 1.30 bits per heavy atom. The summed E-state index contributed by atoms with van der Waals surface area (Å²) in [6, 6.07) is 8.45. The topological polar surface area (TPSA) is 68.3 Å². The van der Waals surface area contributed by atoms with Crippen molar-refractivity contribution in [2.75, 3.05) is 5.32 Å². The van der Waals surface area contributed by atoms with Crippen molar-refractivity contribution in [3.8, 4) is 0 Å². The van der Waals surface area contributed by atoms with Crippen molar-refractivity contribution in [1.29, 1.82) is 0 Å². The quantitative estimate of drug-likeness (QED) is 0.849. The van der Waals surface area contributed by atoms with Crippen LogP contribution in [-0.2, 0) is 9.53 Å². The fourth-order valence-electron chi connectivity index (χ4n) is 1.96. The number of aromatic nitrogens is 1. The Balaban J connectivity index is 2.07. The number of amides is 1. The fraction of sp³-hybridized carbons (Fsp3) is 0.235. The van der Waals surface area contributed by atoms with E-state index in [1.54, 1.807) is 50.4 Å². The predicted octanol–water partition coefficient (Wildman–Crippen LogP) is 3.62. The van der Waals surface area contributed by atoms with Gasteiger partial charge in [-0.05, 0) is 43.2 Å². The molecule has 120 valence electrons. The molecule has 0 aliphatic heterocycles. The lowest BCUT2D eigenvalue weighted by Crippen LogP contribution is -2.32. The van der Waals surface area contributed by atoms with Gasteiger partial charge in [0.05, 0.1) is 5.56 Å². The number of carbonyl (C=O) groups excluding carboxylic acids is 2. The van der Waals surface area contributed by atoms with Crippen molar-refractivity contribution in [2.24, 2.45) is 0 Å². The first-order valence-corrected chi connectivity index (χ1v) is 7.57. The zero-order valence-corrected chi connectivity index (χ0v) is 13.6. The summed E-state index contributed by atoms with van der Waals surface area (Å²) in [5.41, 5.74) is 1.66. The molecule has 0 saturated carbocycles. The molecule has 0 radical (unpaired) electrons. The van der Waals surface area contributed by atoms with Gasteiger partial charge in [-0.15, -0.1) is 0 Å². The van der Waals surface area contributed by atoms with Gasteiger partial charge in [-0.1, -0.05) is 24.6 Å². The minimum atomic E-state index is -0.888. The van der Waals surface area contributed by atoms with E-state index in [9.17, 15) is 9.59 Å². The molecule has 1 atom stereocenters. The fourth-order valence-corrected chi connectivity index (χ4v) is 2.13. The molecular weight excluding hydrogens is 316 g/mol. The Labute approximate surface area is 139 Å². The molecule has 0 spiro atoms. The highest BCUT2D eigenvalue weighted by molar-refractivity contribution is 6.31. The molecule has 1 N–H and O–H groups in total. The van der Waals surface area contributed by atoms with Crippen molar-refractivity contribution in [2.45, 2.75) is 26.4 Å². The van der Waals surface area contributed by atoms with Gasteiger partial charge in [-0.2, -0.15) is 0 Å². The molecule has 2 rings (SSSR count). The Bertz CT molecular complexity index is 704. The number of carbonyl (C=O) groups is 2. The van der Waals surface area contributed by atoms with E-state index in [4.69, 9.17) is 16.3 Å². The molecule has 0 bridgehead atoms. The lowest BCUT2D eigenvalue weighted by molar-refractivity contribution is -0.124. The van der Waals surface area contributed by atoms with E-state index in [1.807, 2.05) is 0 Å². The number of hydrogen-bond donors (Lipinski definition) is 1. The molecule has 5 nitrogen and oxygen atoms in total. The number of rotatable bonds is 5. The minimum absolute atomic E-state index is 0.303. The van der Waals surface area contributed by atoms with Gasteiger partial charge in [-0.25, -0.2) is 4.79 Å². The molecule has 1 aromatic carbocycles. The van der Waals surface area contributed by atoms with E-state index in [2.05, 4.69) is 10.3 Å². The number of halogens is 1. The highest BCUT2D eigenvalue weighted by Gasteiger charge is 2.22. The maximum Gasteiger partial charge on any atom is 0.340 e. The first-order chi connectivity index (χ1) is 11.0. The largest absolute Gasteiger partial charge is 0.449 e. The summed E-state index contributed by atoms with van der Waals surface area (Å²) in [6.45, 7) is 3.58. The summed E-state index contributed by atoms with van der Waals surface area (Å²) in [7, 11) is 0. The maximum atomic E-state index is 12.3. The molecule has 0 saturated heterocycles. The van der Waals surface area contributed by atoms with Crippen LogP contribution in [0.4, 0.5) is 5.69 Å². The number of benzene rings is 1. The van der Waals surface area contributed by atoms with Crippen LogP contribution in [-0.4, -0.2) is 23.0 Å². The van der Waals surface area contributed by atoms with Crippen LogP contribution in [0.3, 0.4) is 0 Å². The van der Waals surface area contributed by atoms with Crippen molar-refractivity contribution in [3.05, 3.63) is 58.9 Å². The summed E-state index contributed by atoms with van der Waals surface area (Å²) < 4.78 is 5.27. The summed E-state index contributed by atoms with van der Waals surface area (Å²) in [5.74, 6) is -0.974. The predicted molar refractivity (Wildman–Crippen MR) is 88.6 cm³/mol. The second-order valence-electron chi connectivity index (χ2n) is 4.95. The van der Waals surface area contributed by atoms with Crippen molar-refractivity contribution in [3.63, 3.8) is 0 Å². The van der Waals surface area contributed by atoms with Gasteiger partial charge in [-0.3, -0.25) is 9.78 Å². The number of hydrogen-bond acceptors (Lipinski definition) is 4. The van der Waals surface area contributed by atoms with Crippen LogP contribution in [0.1, 0.15) is 29.3 Å².